The molecule has 1 atom stereocenters. The molecule has 1 fully saturated rings. The van der Waals surface area contributed by atoms with Gasteiger partial charge in [-0.15, -0.1) is 0 Å². The maximum atomic E-state index is 5.67. The average molecular weight is 228 g/mol. The maximum absolute atomic E-state index is 5.67. The summed E-state index contributed by atoms with van der Waals surface area (Å²) in [5.74, 6) is 0. The van der Waals surface area contributed by atoms with Crippen LogP contribution >= 0.6 is 11.6 Å². The zero-order valence-electron chi connectivity index (χ0n) is 8.69. The second-order valence-corrected chi connectivity index (χ2v) is 4.15. The maximum Gasteiger partial charge on any atom is 0.147 e. The molecular formula is C10H14ClN3O. The molecule has 1 saturated heterocycles. The number of aromatic nitrogens is 2. The predicted octanol–water partition coefficient (Wildman–Crippen LogP) is 1.35. The molecule has 82 valence electrons. The van der Waals surface area contributed by atoms with Gasteiger partial charge in [0, 0.05) is 19.2 Å². The van der Waals surface area contributed by atoms with Crippen molar-refractivity contribution in [3.63, 3.8) is 0 Å². The van der Waals surface area contributed by atoms with Gasteiger partial charge in [0.05, 0.1) is 24.7 Å². The molecule has 0 amide bonds. The summed E-state index contributed by atoms with van der Waals surface area (Å²) in [6.45, 7) is 2.47. The first-order valence-electron chi connectivity index (χ1n) is 5.00. The molecular weight excluding hydrogens is 214 g/mol. The fourth-order valence-corrected chi connectivity index (χ4v) is 1.77. The van der Waals surface area contributed by atoms with Crippen LogP contribution in [0.15, 0.2) is 12.4 Å². The molecule has 0 radical (unpaired) electrons. The van der Waals surface area contributed by atoms with Gasteiger partial charge in [0.1, 0.15) is 5.15 Å². The minimum Gasteiger partial charge on any atom is -0.380 e. The van der Waals surface area contributed by atoms with Gasteiger partial charge in [-0.1, -0.05) is 11.6 Å². The van der Waals surface area contributed by atoms with Crippen LogP contribution in [-0.2, 0) is 11.3 Å². The standard InChI is InChI=1S/C10H14ClN3O/c1-14(9-2-3-15-7-9)6-8-4-13-10(11)5-12-8/h4-5,9H,2-3,6-7H2,1H3. The van der Waals surface area contributed by atoms with Crippen LogP contribution in [0.5, 0.6) is 0 Å². The lowest BCUT2D eigenvalue weighted by Crippen LogP contribution is -2.31. The van der Waals surface area contributed by atoms with Crippen LogP contribution in [0, 0.1) is 0 Å². The van der Waals surface area contributed by atoms with Gasteiger partial charge in [0.15, 0.2) is 0 Å². The van der Waals surface area contributed by atoms with Crippen molar-refractivity contribution in [2.45, 2.75) is 19.0 Å². The van der Waals surface area contributed by atoms with Gasteiger partial charge in [0.25, 0.3) is 0 Å². The lowest BCUT2D eigenvalue weighted by molar-refractivity contribution is 0.155. The number of hydrogen-bond donors (Lipinski definition) is 0. The number of likely N-dealkylation sites (N-methyl/N-ethyl adjacent to an activating group) is 1. The van der Waals surface area contributed by atoms with E-state index in [0.717, 1.165) is 31.9 Å². The van der Waals surface area contributed by atoms with E-state index in [2.05, 4.69) is 21.9 Å². The molecule has 1 aromatic heterocycles. The van der Waals surface area contributed by atoms with Gasteiger partial charge in [-0.25, -0.2) is 4.98 Å². The van der Waals surface area contributed by atoms with Crippen molar-refractivity contribution in [1.29, 1.82) is 0 Å². The number of ether oxygens (including phenoxy) is 1. The van der Waals surface area contributed by atoms with Crippen molar-refractivity contribution in [3.8, 4) is 0 Å². The van der Waals surface area contributed by atoms with Crippen LogP contribution in [0.1, 0.15) is 12.1 Å². The Morgan fingerprint density at radius 2 is 2.40 bits per heavy atom. The number of hydrogen-bond acceptors (Lipinski definition) is 4. The van der Waals surface area contributed by atoms with Crippen molar-refractivity contribution >= 4 is 11.6 Å². The Balaban J connectivity index is 1.92. The Labute approximate surface area is 94.2 Å². The monoisotopic (exact) mass is 227 g/mol. The van der Waals surface area contributed by atoms with Crippen LogP contribution in [0.3, 0.4) is 0 Å². The SMILES string of the molecule is CN(Cc1cnc(Cl)cn1)C1CCOC1. The van der Waals surface area contributed by atoms with E-state index in [4.69, 9.17) is 16.3 Å². The van der Waals surface area contributed by atoms with Gasteiger partial charge >= 0.3 is 0 Å². The zero-order chi connectivity index (χ0) is 10.7. The summed E-state index contributed by atoms with van der Waals surface area (Å²) < 4.78 is 5.34. The number of halogens is 1. The first kappa shape index (κ1) is 10.8. The minimum absolute atomic E-state index is 0.436. The molecule has 0 bridgehead atoms. The summed E-state index contributed by atoms with van der Waals surface area (Å²) in [7, 11) is 2.08. The molecule has 0 N–H and O–H groups in total. The van der Waals surface area contributed by atoms with E-state index in [1.165, 1.54) is 0 Å². The molecule has 0 aliphatic carbocycles. The number of rotatable bonds is 3. The third kappa shape index (κ3) is 2.87. The Kier molecular flexibility index (Phi) is 3.51. The van der Waals surface area contributed by atoms with Gasteiger partial charge in [-0.05, 0) is 13.5 Å². The highest BCUT2D eigenvalue weighted by Gasteiger charge is 2.20. The Morgan fingerprint density at radius 1 is 1.53 bits per heavy atom. The van der Waals surface area contributed by atoms with Gasteiger partial charge in [-0.3, -0.25) is 9.88 Å². The molecule has 1 aromatic rings. The smallest absolute Gasteiger partial charge is 0.147 e. The summed E-state index contributed by atoms with van der Waals surface area (Å²) >= 11 is 5.67. The summed E-state index contributed by atoms with van der Waals surface area (Å²) in [5, 5.41) is 0.436. The van der Waals surface area contributed by atoms with E-state index in [1.807, 2.05) is 0 Å². The van der Waals surface area contributed by atoms with Crippen LogP contribution in [0.25, 0.3) is 0 Å². The lowest BCUT2D eigenvalue weighted by Gasteiger charge is -2.21. The highest BCUT2D eigenvalue weighted by Crippen LogP contribution is 2.13. The largest absolute Gasteiger partial charge is 0.380 e. The van der Waals surface area contributed by atoms with Crippen molar-refractivity contribution < 1.29 is 4.74 Å². The fraction of sp³-hybridized carbons (Fsp3) is 0.600. The molecule has 1 aliphatic rings. The lowest BCUT2D eigenvalue weighted by atomic mass is 10.2. The molecule has 5 heteroatoms. The molecule has 0 aromatic carbocycles. The quantitative estimate of drug-likeness (QED) is 0.782. The van der Waals surface area contributed by atoms with Crippen molar-refractivity contribution in [3.05, 3.63) is 23.2 Å². The topological polar surface area (TPSA) is 38.2 Å². The zero-order valence-corrected chi connectivity index (χ0v) is 9.44. The van der Waals surface area contributed by atoms with Crippen molar-refractivity contribution in [2.24, 2.45) is 0 Å². The van der Waals surface area contributed by atoms with E-state index < -0.39 is 0 Å². The van der Waals surface area contributed by atoms with Crippen LogP contribution in [-0.4, -0.2) is 41.2 Å². The first-order chi connectivity index (χ1) is 7.25. The number of nitrogens with zero attached hydrogens (tertiary/aromatic N) is 3. The molecule has 15 heavy (non-hydrogen) atoms. The molecule has 1 unspecified atom stereocenters. The third-order valence-electron chi connectivity index (χ3n) is 2.61. The van der Waals surface area contributed by atoms with E-state index in [0.29, 0.717) is 11.2 Å². The van der Waals surface area contributed by atoms with Gasteiger partial charge < -0.3 is 4.74 Å². The molecule has 0 spiro atoms. The highest BCUT2D eigenvalue weighted by atomic mass is 35.5. The summed E-state index contributed by atoms with van der Waals surface area (Å²) in [6.07, 6.45) is 4.39. The predicted molar refractivity (Wildman–Crippen MR) is 57.7 cm³/mol. The summed E-state index contributed by atoms with van der Waals surface area (Å²) in [5.41, 5.74) is 0.939. The average Bonchev–Trinajstić information content (AvgIpc) is 2.74. The Bertz CT molecular complexity index is 311. The van der Waals surface area contributed by atoms with Crippen LogP contribution in [0.4, 0.5) is 0 Å². The normalized spacial score (nSPS) is 21.1. The molecule has 0 saturated carbocycles. The van der Waals surface area contributed by atoms with Crippen molar-refractivity contribution in [2.75, 3.05) is 20.3 Å². The third-order valence-corrected chi connectivity index (χ3v) is 2.81. The van der Waals surface area contributed by atoms with E-state index in [9.17, 15) is 0 Å². The second-order valence-electron chi connectivity index (χ2n) is 3.76. The molecule has 4 nitrogen and oxygen atoms in total. The molecule has 2 rings (SSSR count). The Hall–Kier alpha value is -0.710. The van der Waals surface area contributed by atoms with Gasteiger partial charge in [-0.2, -0.15) is 0 Å². The van der Waals surface area contributed by atoms with Crippen molar-refractivity contribution in [1.82, 2.24) is 14.9 Å². The minimum atomic E-state index is 0.436. The second kappa shape index (κ2) is 4.88. The summed E-state index contributed by atoms with van der Waals surface area (Å²) in [6, 6.07) is 0.502. The Morgan fingerprint density at radius 3 is 3.00 bits per heavy atom. The van der Waals surface area contributed by atoms with E-state index in [1.54, 1.807) is 12.4 Å². The van der Waals surface area contributed by atoms with E-state index >= 15 is 0 Å². The fourth-order valence-electron chi connectivity index (χ4n) is 1.67. The van der Waals surface area contributed by atoms with Crippen LogP contribution in [0.2, 0.25) is 5.15 Å². The first-order valence-corrected chi connectivity index (χ1v) is 5.38. The van der Waals surface area contributed by atoms with E-state index in [-0.39, 0.29) is 0 Å². The van der Waals surface area contributed by atoms with Crippen LogP contribution < -0.4 is 0 Å². The molecule has 2 heterocycles. The van der Waals surface area contributed by atoms with Gasteiger partial charge in [0.2, 0.25) is 0 Å². The molecule has 1 aliphatic heterocycles. The highest BCUT2D eigenvalue weighted by molar-refractivity contribution is 6.29. The summed E-state index contributed by atoms with van der Waals surface area (Å²) in [4.78, 5) is 10.5.